The highest BCUT2D eigenvalue weighted by Crippen LogP contribution is 1.98. The summed E-state index contributed by atoms with van der Waals surface area (Å²) >= 11 is 0. The molecule has 0 amide bonds. The Morgan fingerprint density at radius 2 is 1.75 bits per heavy atom. The van der Waals surface area contributed by atoms with Crippen molar-refractivity contribution in [1.29, 1.82) is 0 Å². The molecule has 62 valence electrons. The second-order valence-corrected chi connectivity index (χ2v) is 2.27. The molecule has 0 bridgehead atoms. The molecule has 0 fully saturated rings. The standard InChI is InChI=1S/C7H6BFO3/c9-7(10)5-1-3-6(4-2-5)8(11)12/h1-4,11-12H. The fourth-order valence-electron chi connectivity index (χ4n) is 0.786. The van der Waals surface area contributed by atoms with Gasteiger partial charge in [-0.25, -0.2) is 0 Å². The first-order chi connectivity index (χ1) is 5.61. The highest BCUT2D eigenvalue weighted by molar-refractivity contribution is 6.58. The molecule has 0 heterocycles. The van der Waals surface area contributed by atoms with E-state index in [1.54, 1.807) is 0 Å². The molecule has 0 aliphatic rings. The summed E-state index contributed by atoms with van der Waals surface area (Å²) in [6.45, 7) is 0. The number of halogens is 1. The lowest BCUT2D eigenvalue weighted by molar-refractivity contribution is 0.0836. The summed E-state index contributed by atoms with van der Waals surface area (Å²) in [6.07, 6.45) is 0. The van der Waals surface area contributed by atoms with Crippen molar-refractivity contribution in [3.05, 3.63) is 29.8 Å². The molecule has 5 heteroatoms. The Morgan fingerprint density at radius 1 is 1.25 bits per heavy atom. The quantitative estimate of drug-likeness (QED) is 0.461. The summed E-state index contributed by atoms with van der Waals surface area (Å²) in [5.41, 5.74) is 0.124. The summed E-state index contributed by atoms with van der Waals surface area (Å²) in [5.74, 6) is 0. The lowest BCUT2D eigenvalue weighted by Crippen LogP contribution is -2.29. The van der Waals surface area contributed by atoms with Gasteiger partial charge in [-0.2, -0.15) is 4.39 Å². The maximum atomic E-state index is 12.0. The number of hydrogen-bond donors (Lipinski definition) is 2. The monoisotopic (exact) mass is 168 g/mol. The van der Waals surface area contributed by atoms with E-state index in [2.05, 4.69) is 0 Å². The summed E-state index contributed by atoms with van der Waals surface area (Å²) in [4.78, 5) is 10.1. The van der Waals surface area contributed by atoms with Crippen LogP contribution in [-0.2, 0) is 0 Å². The van der Waals surface area contributed by atoms with E-state index >= 15 is 0 Å². The van der Waals surface area contributed by atoms with Gasteiger partial charge in [0.25, 0.3) is 0 Å². The molecule has 3 nitrogen and oxygen atoms in total. The molecule has 0 aliphatic carbocycles. The van der Waals surface area contributed by atoms with Crippen LogP contribution < -0.4 is 5.46 Å². The predicted octanol–water partition coefficient (Wildman–Crippen LogP) is -0.524. The lowest BCUT2D eigenvalue weighted by atomic mass is 9.80. The molecular formula is C7H6BFO3. The third kappa shape index (κ3) is 1.90. The Morgan fingerprint density at radius 3 is 2.08 bits per heavy atom. The molecule has 0 radical (unpaired) electrons. The molecule has 0 atom stereocenters. The van der Waals surface area contributed by atoms with Gasteiger partial charge in [0.05, 0.1) is 5.56 Å². The van der Waals surface area contributed by atoms with E-state index in [-0.39, 0.29) is 11.0 Å². The van der Waals surface area contributed by atoms with E-state index in [0.717, 1.165) is 0 Å². The van der Waals surface area contributed by atoms with E-state index in [1.807, 2.05) is 0 Å². The first-order valence-corrected chi connectivity index (χ1v) is 3.27. The van der Waals surface area contributed by atoms with E-state index in [9.17, 15) is 9.18 Å². The number of hydrogen-bond acceptors (Lipinski definition) is 3. The maximum absolute atomic E-state index is 12.0. The largest absolute Gasteiger partial charge is 0.488 e. The Balaban J connectivity index is 2.93. The fourth-order valence-corrected chi connectivity index (χ4v) is 0.786. The maximum Gasteiger partial charge on any atom is 0.488 e. The predicted molar refractivity (Wildman–Crippen MR) is 41.7 cm³/mol. The zero-order valence-corrected chi connectivity index (χ0v) is 6.07. The van der Waals surface area contributed by atoms with Gasteiger partial charge in [-0.1, -0.05) is 12.1 Å². The van der Waals surface area contributed by atoms with Crippen molar-refractivity contribution in [2.45, 2.75) is 0 Å². The van der Waals surface area contributed by atoms with E-state index in [1.165, 1.54) is 24.3 Å². The SMILES string of the molecule is O=C(F)c1ccc(B(O)O)cc1. The number of carbonyl (C=O) groups is 1. The highest BCUT2D eigenvalue weighted by atomic mass is 19.1. The number of benzene rings is 1. The van der Waals surface area contributed by atoms with Crippen LogP contribution in [0.5, 0.6) is 0 Å². The van der Waals surface area contributed by atoms with E-state index in [4.69, 9.17) is 10.0 Å². The van der Waals surface area contributed by atoms with Gasteiger partial charge in [-0.05, 0) is 17.6 Å². The topological polar surface area (TPSA) is 57.5 Å². The van der Waals surface area contributed by atoms with Crippen LogP contribution in [0.15, 0.2) is 24.3 Å². The van der Waals surface area contributed by atoms with Crippen LogP contribution in [0.3, 0.4) is 0 Å². The smallest absolute Gasteiger partial charge is 0.423 e. The molecule has 12 heavy (non-hydrogen) atoms. The van der Waals surface area contributed by atoms with Crippen LogP contribution in [0.2, 0.25) is 0 Å². The van der Waals surface area contributed by atoms with Gasteiger partial charge in [-0.3, -0.25) is 4.79 Å². The minimum atomic E-state index is -1.59. The molecule has 1 aromatic carbocycles. The molecule has 0 saturated carbocycles. The van der Waals surface area contributed by atoms with Gasteiger partial charge < -0.3 is 10.0 Å². The average molecular weight is 168 g/mol. The van der Waals surface area contributed by atoms with Gasteiger partial charge in [-0.15, -0.1) is 0 Å². The zero-order chi connectivity index (χ0) is 9.14. The normalized spacial score (nSPS) is 9.58. The molecule has 1 aromatic rings. The number of rotatable bonds is 2. The molecule has 0 aromatic heterocycles. The van der Waals surface area contributed by atoms with E-state index < -0.39 is 13.2 Å². The third-order valence-corrected chi connectivity index (χ3v) is 1.44. The van der Waals surface area contributed by atoms with Crippen LogP contribution in [0.25, 0.3) is 0 Å². The first kappa shape index (κ1) is 8.90. The Labute approximate surface area is 68.6 Å². The van der Waals surface area contributed by atoms with Crippen molar-refractivity contribution < 1.29 is 19.2 Å². The van der Waals surface area contributed by atoms with Crippen molar-refractivity contribution in [1.82, 2.24) is 0 Å². The van der Waals surface area contributed by atoms with Crippen molar-refractivity contribution in [2.75, 3.05) is 0 Å². The Bertz CT molecular complexity index is 283. The van der Waals surface area contributed by atoms with Crippen LogP contribution in [0, 0.1) is 0 Å². The van der Waals surface area contributed by atoms with E-state index in [0.29, 0.717) is 0 Å². The Hall–Kier alpha value is -1.20. The highest BCUT2D eigenvalue weighted by Gasteiger charge is 2.11. The first-order valence-electron chi connectivity index (χ1n) is 3.27. The molecule has 0 saturated heterocycles. The third-order valence-electron chi connectivity index (χ3n) is 1.44. The molecule has 0 unspecified atom stereocenters. The molecule has 2 N–H and O–H groups in total. The van der Waals surface area contributed by atoms with Crippen LogP contribution in [-0.4, -0.2) is 23.2 Å². The molecule has 0 aliphatic heterocycles. The van der Waals surface area contributed by atoms with Gasteiger partial charge in [0.15, 0.2) is 0 Å². The van der Waals surface area contributed by atoms with Crippen LogP contribution in [0.1, 0.15) is 10.4 Å². The zero-order valence-electron chi connectivity index (χ0n) is 6.07. The Kier molecular flexibility index (Phi) is 2.57. The van der Waals surface area contributed by atoms with Crippen LogP contribution >= 0.6 is 0 Å². The minimum absolute atomic E-state index is 0.0978. The summed E-state index contributed by atoms with van der Waals surface area (Å²) in [7, 11) is -1.59. The van der Waals surface area contributed by atoms with Gasteiger partial charge in [0, 0.05) is 0 Å². The molecule has 1 rings (SSSR count). The van der Waals surface area contributed by atoms with Gasteiger partial charge in [0.1, 0.15) is 0 Å². The average Bonchev–Trinajstić information content (AvgIpc) is 2.04. The lowest BCUT2D eigenvalue weighted by Gasteiger charge is -1.97. The van der Waals surface area contributed by atoms with Crippen molar-refractivity contribution in [2.24, 2.45) is 0 Å². The fraction of sp³-hybridized carbons (Fsp3) is 0. The summed E-state index contributed by atoms with van der Waals surface area (Å²) < 4.78 is 12.0. The van der Waals surface area contributed by atoms with Crippen LogP contribution in [0.4, 0.5) is 4.39 Å². The second kappa shape index (κ2) is 3.47. The van der Waals surface area contributed by atoms with Gasteiger partial charge >= 0.3 is 13.2 Å². The molecule has 0 spiro atoms. The van der Waals surface area contributed by atoms with Crippen molar-refractivity contribution in [3.8, 4) is 0 Å². The number of carbonyl (C=O) groups excluding carboxylic acids is 1. The summed E-state index contributed by atoms with van der Waals surface area (Å²) in [5, 5.41) is 17.3. The summed E-state index contributed by atoms with van der Waals surface area (Å²) in [6, 6.07) is 3.40. The molecular weight excluding hydrogens is 162 g/mol. The second-order valence-electron chi connectivity index (χ2n) is 2.27. The van der Waals surface area contributed by atoms with Crippen molar-refractivity contribution >= 4 is 18.6 Å². The van der Waals surface area contributed by atoms with Crippen molar-refractivity contribution in [3.63, 3.8) is 0 Å². The van der Waals surface area contributed by atoms with Gasteiger partial charge in [0.2, 0.25) is 0 Å². The minimum Gasteiger partial charge on any atom is -0.423 e.